The molecule has 94 valence electrons. The monoisotopic (exact) mass is 242 g/mol. The van der Waals surface area contributed by atoms with Gasteiger partial charge in [0.15, 0.2) is 0 Å². The van der Waals surface area contributed by atoms with Crippen molar-refractivity contribution in [3.8, 4) is 5.88 Å². The van der Waals surface area contributed by atoms with Crippen molar-refractivity contribution in [3.63, 3.8) is 0 Å². The van der Waals surface area contributed by atoms with Crippen molar-refractivity contribution >= 4 is 0 Å². The first kappa shape index (κ1) is 12.6. The van der Waals surface area contributed by atoms with E-state index in [-0.39, 0.29) is 12.1 Å². The van der Waals surface area contributed by atoms with Gasteiger partial charge in [0.2, 0.25) is 5.88 Å². The van der Waals surface area contributed by atoms with Gasteiger partial charge in [-0.05, 0) is 25.6 Å². The Morgan fingerprint density at radius 1 is 1.06 bits per heavy atom. The summed E-state index contributed by atoms with van der Waals surface area (Å²) in [6.07, 6.45) is 1.69. The number of hydrogen-bond acceptors (Lipinski definition) is 3. The second kappa shape index (κ2) is 6.17. The first-order chi connectivity index (χ1) is 8.81. The molecule has 2 atom stereocenters. The van der Waals surface area contributed by atoms with E-state index in [1.54, 1.807) is 6.20 Å². The largest absolute Gasteiger partial charge is 0.468 e. The molecule has 0 aliphatic rings. The first-order valence-electron chi connectivity index (χ1n) is 6.11. The van der Waals surface area contributed by atoms with Gasteiger partial charge >= 0.3 is 0 Å². The lowest BCUT2D eigenvalue weighted by Crippen LogP contribution is -2.32. The Morgan fingerprint density at radius 3 is 2.39 bits per heavy atom. The standard InChI is InChI=1S/C15H18N2O/c1-12(16-2)15(13-8-4-3-5-9-13)18-14-10-6-7-11-17-14/h3-12,15-16H,1-2H3/t12-,15-/m1/s1. The molecule has 0 bridgehead atoms. The minimum absolute atomic E-state index is 0.0499. The quantitative estimate of drug-likeness (QED) is 0.875. The van der Waals surface area contributed by atoms with E-state index in [4.69, 9.17) is 4.74 Å². The summed E-state index contributed by atoms with van der Waals surface area (Å²) in [5.41, 5.74) is 1.14. The molecule has 0 fully saturated rings. The Hall–Kier alpha value is -1.87. The lowest BCUT2D eigenvalue weighted by atomic mass is 10.0. The summed E-state index contributed by atoms with van der Waals surface area (Å²) in [4.78, 5) is 4.21. The van der Waals surface area contributed by atoms with Crippen LogP contribution in [0.25, 0.3) is 0 Å². The lowest BCUT2D eigenvalue weighted by Gasteiger charge is -2.24. The summed E-state index contributed by atoms with van der Waals surface area (Å²) in [6.45, 7) is 2.10. The van der Waals surface area contributed by atoms with Crippen molar-refractivity contribution in [2.45, 2.75) is 19.1 Å². The Balaban J connectivity index is 2.21. The first-order valence-corrected chi connectivity index (χ1v) is 6.11. The number of benzene rings is 1. The summed E-state index contributed by atoms with van der Waals surface area (Å²) in [7, 11) is 1.93. The zero-order chi connectivity index (χ0) is 12.8. The van der Waals surface area contributed by atoms with E-state index in [0.29, 0.717) is 5.88 Å². The maximum absolute atomic E-state index is 5.98. The maximum Gasteiger partial charge on any atom is 0.213 e. The van der Waals surface area contributed by atoms with Crippen molar-refractivity contribution in [1.82, 2.24) is 10.3 Å². The molecule has 1 N–H and O–H groups in total. The van der Waals surface area contributed by atoms with Crippen molar-refractivity contribution < 1.29 is 4.74 Å². The van der Waals surface area contributed by atoms with Crippen molar-refractivity contribution in [2.24, 2.45) is 0 Å². The lowest BCUT2D eigenvalue weighted by molar-refractivity contribution is 0.159. The number of likely N-dealkylation sites (N-methyl/N-ethyl adjacent to an activating group) is 1. The van der Waals surface area contributed by atoms with Gasteiger partial charge in [-0.1, -0.05) is 36.4 Å². The highest BCUT2D eigenvalue weighted by molar-refractivity contribution is 5.21. The molecule has 0 spiro atoms. The van der Waals surface area contributed by atoms with E-state index >= 15 is 0 Å². The number of pyridine rings is 1. The predicted octanol–water partition coefficient (Wildman–Crippen LogP) is 2.81. The van der Waals surface area contributed by atoms with Crippen LogP contribution < -0.4 is 10.1 Å². The van der Waals surface area contributed by atoms with Crippen LogP contribution in [0.5, 0.6) is 5.88 Å². The van der Waals surface area contributed by atoms with Crippen LogP contribution >= 0.6 is 0 Å². The fourth-order valence-corrected chi connectivity index (χ4v) is 1.80. The maximum atomic E-state index is 5.98. The van der Waals surface area contributed by atoms with Gasteiger partial charge < -0.3 is 10.1 Å². The highest BCUT2D eigenvalue weighted by Gasteiger charge is 2.20. The molecule has 0 saturated carbocycles. The van der Waals surface area contributed by atoms with Crippen LogP contribution in [0.4, 0.5) is 0 Å². The number of rotatable bonds is 5. The zero-order valence-electron chi connectivity index (χ0n) is 10.7. The average Bonchev–Trinajstić information content (AvgIpc) is 2.46. The summed E-state index contributed by atoms with van der Waals surface area (Å²) < 4.78 is 5.98. The molecule has 0 saturated heterocycles. The SMILES string of the molecule is CN[C@H](C)[C@@H](Oc1ccccn1)c1ccccc1. The van der Waals surface area contributed by atoms with Crippen molar-refractivity contribution in [3.05, 3.63) is 60.3 Å². The van der Waals surface area contributed by atoms with E-state index < -0.39 is 0 Å². The van der Waals surface area contributed by atoms with Gasteiger partial charge in [0, 0.05) is 18.3 Å². The third kappa shape index (κ3) is 3.08. The van der Waals surface area contributed by atoms with Gasteiger partial charge in [-0.2, -0.15) is 0 Å². The highest BCUT2D eigenvalue weighted by atomic mass is 16.5. The van der Waals surface area contributed by atoms with E-state index in [1.807, 2.05) is 43.4 Å². The summed E-state index contributed by atoms with van der Waals surface area (Å²) in [6, 6.07) is 16.1. The summed E-state index contributed by atoms with van der Waals surface area (Å²) in [5, 5.41) is 3.23. The topological polar surface area (TPSA) is 34.1 Å². The average molecular weight is 242 g/mol. The van der Waals surface area contributed by atoms with Gasteiger partial charge in [0.25, 0.3) is 0 Å². The molecule has 3 heteroatoms. The third-order valence-corrected chi connectivity index (χ3v) is 2.92. The Bertz CT molecular complexity index is 458. The number of nitrogens with zero attached hydrogens (tertiary/aromatic N) is 1. The van der Waals surface area contributed by atoms with Crippen LogP contribution in [-0.2, 0) is 0 Å². The normalized spacial score (nSPS) is 13.9. The van der Waals surface area contributed by atoms with Crippen LogP contribution in [0.2, 0.25) is 0 Å². The van der Waals surface area contributed by atoms with Gasteiger partial charge in [0.05, 0.1) is 0 Å². The number of nitrogens with one attached hydrogen (secondary N) is 1. The molecule has 0 aliphatic carbocycles. The van der Waals surface area contributed by atoms with E-state index in [1.165, 1.54) is 0 Å². The molecule has 3 nitrogen and oxygen atoms in total. The predicted molar refractivity (Wildman–Crippen MR) is 72.6 cm³/mol. The van der Waals surface area contributed by atoms with Crippen LogP contribution in [0.1, 0.15) is 18.6 Å². The number of ether oxygens (including phenoxy) is 1. The Kier molecular flexibility index (Phi) is 4.31. The molecular formula is C15H18N2O. The van der Waals surface area contributed by atoms with Crippen molar-refractivity contribution in [1.29, 1.82) is 0 Å². The molecule has 1 heterocycles. The molecule has 18 heavy (non-hydrogen) atoms. The molecule has 1 aromatic carbocycles. The van der Waals surface area contributed by atoms with E-state index in [9.17, 15) is 0 Å². The second-order valence-electron chi connectivity index (χ2n) is 4.19. The van der Waals surface area contributed by atoms with Gasteiger partial charge in [-0.15, -0.1) is 0 Å². The minimum Gasteiger partial charge on any atom is -0.468 e. The molecule has 0 aliphatic heterocycles. The number of hydrogen-bond donors (Lipinski definition) is 1. The van der Waals surface area contributed by atoms with Crippen LogP contribution in [0.15, 0.2) is 54.7 Å². The minimum atomic E-state index is -0.0499. The van der Waals surface area contributed by atoms with Gasteiger partial charge in [0.1, 0.15) is 6.10 Å². The molecule has 2 rings (SSSR count). The Morgan fingerprint density at radius 2 is 1.78 bits per heavy atom. The summed E-state index contributed by atoms with van der Waals surface area (Å²) in [5.74, 6) is 0.647. The summed E-state index contributed by atoms with van der Waals surface area (Å²) >= 11 is 0. The third-order valence-electron chi connectivity index (χ3n) is 2.92. The van der Waals surface area contributed by atoms with Crippen LogP contribution in [0, 0.1) is 0 Å². The van der Waals surface area contributed by atoms with Crippen LogP contribution in [-0.4, -0.2) is 18.1 Å². The molecule has 1 aromatic heterocycles. The second-order valence-corrected chi connectivity index (χ2v) is 4.19. The smallest absolute Gasteiger partial charge is 0.213 e. The van der Waals surface area contributed by atoms with Gasteiger partial charge in [-0.3, -0.25) is 0 Å². The number of aromatic nitrogens is 1. The van der Waals surface area contributed by atoms with E-state index in [2.05, 4.69) is 29.4 Å². The molecule has 0 unspecified atom stereocenters. The highest BCUT2D eigenvalue weighted by Crippen LogP contribution is 2.23. The van der Waals surface area contributed by atoms with Crippen molar-refractivity contribution in [2.75, 3.05) is 7.05 Å². The van der Waals surface area contributed by atoms with E-state index in [0.717, 1.165) is 5.56 Å². The molecule has 0 amide bonds. The fourth-order valence-electron chi connectivity index (χ4n) is 1.80. The molecular weight excluding hydrogens is 224 g/mol. The van der Waals surface area contributed by atoms with Gasteiger partial charge in [-0.25, -0.2) is 4.98 Å². The fraction of sp³-hybridized carbons (Fsp3) is 0.267. The molecule has 0 radical (unpaired) electrons. The zero-order valence-corrected chi connectivity index (χ0v) is 10.7. The Labute approximate surface area is 108 Å². The molecule has 2 aromatic rings. The van der Waals surface area contributed by atoms with Crippen LogP contribution in [0.3, 0.4) is 0 Å².